The molecule has 0 fully saturated rings. The van der Waals surface area contributed by atoms with Gasteiger partial charge < -0.3 is 8.83 Å². The molecule has 0 amide bonds. The Labute approximate surface area is 305 Å². The minimum atomic E-state index is -0.593. The van der Waals surface area contributed by atoms with Crippen molar-refractivity contribution in [3.05, 3.63) is 203 Å². The molecule has 0 saturated carbocycles. The first-order valence-electron chi connectivity index (χ1n) is 17.6. The molecule has 2 heterocycles. The smallest absolute Gasteiger partial charge is 0.143 e. The minimum Gasteiger partial charge on any atom is -0.455 e. The summed E-state index contributed by atoms with van der Waals surface area (Å²) in [5.74, 6) is 0. The first-order valence-corrected chi connectivity index (χ1v) is 18.0. The Kier molecular flexibility index (Phi) is 6.26. The summed E-state index contributed by atoms with van der Waals surface area (Å²) in [6.45, 7) is 0. The summed E-state index contributed by atoms with van der Waals surface area (Å²) in [4.78, 5) is 0. The summed E-state index contributed by atoms with van der Waals surface area (Å²) in [7, 11) is 0. The van der Waals surface area contributed by atoms with Crippen LogP contribution < -0.4 is 0 Å². The van der Waals surface area contributed by atoms with Gasteiger partial charge in [0.15, 0.2) is 0 Å². The molecular weight excluding hydrogens is 656 g/mol. The van der Waals surface area contributed by atoms with E-state index < -0.39 is 5.41 Å². The van der Waals surface area contributed by atoms with Gasteiger partial charge in [0.25, 0.3) is 0 Å². The summed E-state index contributed by atoms with van der Waals surface area (Å²) >= 11 is 6.84. The van der Waals surface area contributed by atoms with Crippen molar-refractivity contribution in [1.82, 2.24) is 0 Å². The van der Waals surface area contributed by atoms with Crippen LogP contribution in [0.1, 0.15) is 22.3 Å². The maximum atomic E-state index is 6.84. The molecule has 1 aliphatic rings. The van der Waals surface area contributed by atoms with Gasteiger partial charge in [0.2, 0.25) is 0 Å². The number of hydrogen-bond donors (Lipinski definition) is 0. The molecule has 0 aliphatic heterocycles. The van der Waals surface area contributed by atoms with E-state index in [1.165, 1.54) is 33.4 Å². The Bertz CT molecular complexity index is 2860. The Morgan fingerprint density at radius 3 is 1.40 bits per heavy atom. The van der Waals surface area contributed by atoms with Gasteiger partial charge in [0.05, 0.1) is 5.41 Å². The third-order valence-corrected chi connectivity index (χ3v) is 11.3. The average molecular weight is 685 g/mol. The zero-order valence-electron chi connectivity index (χ0n) is 27.9. The van der Waals surface area contributed by atoms with Crippen LogP contribution in [0, 0.1) is 0 Å². The van der Waals surface area contributed by atoms with Crippen molar-refractivity contribution < 1.29 is 8.83 Å². The molecule has 0 atom stereocenters. The van der Waals surface area contributed by atoms with Crippen molar-refractivity contribution in [1.29, 1.82) is 0 Å². The van der Waals surface area contributed by atoms with Gasteiger partial charge >= 0.3 is 0 Å². The van der Waals surface area contributed by atoms with E-state index in [-0.39, 0.29) is 0 Å². The summed E-state index contributed by atoms with van der Waals surface area (Å²) in [6.07, 6.45) is 0. The molecule has 11 rings (SSSR count). The number of para-hydroxylation sites is 4. The maximum Gasteiger partial charge on any atom is 0.143 e. The van der Waals surface area contributed by atoms with Crippen LogP contribution in [-0.2, 0) is 5.41 Å². The first kappa shape index (κ1) is 29.4. The summed E-state index contributed by atoms with van der Waals surface area (Å²) in [5, 5.41) is 5.23. The molecule has 0 N–H and O–H groups in total. The zero-order valence-corrected chi connectivity index (χ0v) is 28.7. The highest BCUT2D eigenvalue weighted by atomic mass is 35.5. The van der Waals surface area contributed by atoms with Gasteiger partial charge in [-0.2, -0.15) is 0 Å². The second-order valence-corrected chi connectivity index (χ2v) is 14.1. The van der Waals surface area contributed by atoms with Crippen molar-refractivity contribution in [3.8, 4) is 33.4 Å². The van der Waals surface area contributed by atoms with Crippen LogP contribution in [0.2, 0.25) is 5.02 Å². The van der Waals surface area contributed by atoms with Crippen molar-refractivity contribution in [3.63, 3.8) is 0 Å². The molecule has 0 spiro atoms. The van der Waals surface area contributed by atoms with Crippen LogP contribution in [0.25, 0.3) is 77.3 Å². The van der Waals surface area contributed by atoms with E-state index in [0.717, 1.165) is 71.2 Å². The largest absolute Gasteiger partial charge is 0.455 e. The molecule has 0 unspecified atom stereocenters. The predicted molar refractivity (Wildman–Crippen MR) is 214 cm³/mol. The van der Waals surface area contributed by atoms with Crippen LogP contribution in [0.3, 0.4) is 0 Å². The van der Waals surface area contributed by atoms with E-state index in [9.17, 15) is 0 Å². The van der Waals surface area contributed by atoms with Gasteiger partial charge in [-0.25, -0.2) is 0 Å². The van der Waals surface area contributed by atoms with E-state index in [1.807, 2.05) is 30.3 Å². The third-order valence-electron chi connectivity index (χ3n) is 11.1. The Hall–Kier alpha value is -6.35. The van der Waals surface area contributed by atoms with Crippen molar-refractivity contribution >= 4 is 55.5 Å². The topological polar surface area (TPSA) is 26.3 Å². The molecule has 1 aliphatic carbocycles. The second-order valence-electron chi connectivity index (χ2n) is 13.7. The van der Waals surface area contributed by atoms with E-state index in [1.54, 1.807) is 0 Å². The Morgan fingerprint density at radius 1 is 0.365 bits per heavy atom. The molecule has 2 aromatic heterocycles. The highest BCUT2D eigenvalue weighted by Gasteiger charge is 2.46. The maximum absolute atomic E-state index is 6.84. The lowest BCUT2D eigenvalue weighted by molar-refractivity contribution is 0.669. The van der Waals surface area contributed by atoms with Gasteiger partial charge in [0, 0.05) is 37.7 Å². The lowest BCUT2D eigenvalue weighted by Gasteiger charge is -2.34. The molecule has 0 bridgehead atoms. The van der Waals surface area contributed by atoms with E-state index in [2.05, 4.69) is 146 Å². The quantitative estimate of drug-likeness (QED) is 0.184. The lowest BCUT2D eigenvalue weighted by Crippen LogP contribution is -2.28. The average Bonchev–Trinajstić information content (AvgIpc) is 3.86. The van der Waals surface area contributed by atoms with Gasteiger partial charge in [-0.3, -0.25) is 0 Å². The number of furan rings is 2. The summed E-state index contributed by atoms with van der Waals surface area (Å²) < 4.78 is 12.9. The second kappa shape index (κ2) is 11.1. The number of benzene rings is 8. The molecule has 0 saturated heterocycles. The fourth-order valence-electron chi connectivity index (χ4n) is 8.79. The normalized spacial score (nSPS) is 13.2. The van der Waals surface area contributed by atoms with Crippen molar-refractivity contribution in [2.75, 3.05) is 0 Å². The summed E-state index contributed by atoms with van der Waals surface area (Å²) in [5.41, 5.74) is 14.6. The third kappa shape index (κ3) is 4.07. The molecule has 10 aromatic rings. The number of fused-ring (bicyclic) bond motifs is 9. The highest BCUT2D eigenvalue weighted by Crippen LogP contribution is 2.57. The van der Waals surface area contributed by atoms with Gasteiger partial charge in [0.1, 0.15) is 22.3 Å². The fraction of sp³-hybridized carbons (Fsp3) is 0.0204. The van der Waals surface area contributed by atoms with Gasteiger partial charge in [-0.15, -0.1) is 0 Å². The van der Waals surface area contributed by atoms with Crippen LogP contribution in [0.5, 0.6) is 0 Å². The molecule has 8 aromatic carbocycles. The standard InChI is InChI=1S/C49H29ClO2/c50-34-27-28-38-37-9-1-4-16-43(37)49(44(38)29-34,32-23-19-30(20-24-32)35-12-7-14-41-39-10-2-5-17-45(39)51-47(35)41)33-25-21-31(22-26-33)36-13-8-15-42-40-11-3-6-18-46(40)52-48(36)42/h1-29H. The van der Waals surface area contributed by atoms with Gasteiger partial charge in [-0.05, 0) is 68.8 Å². The first-order chi connectivity index (χ1) is 25.7. The SMILES string of the molecule is Clc1ccc2c(c1)C(c1ccc(-c3cccc4c3oc3ccccc34)cc1)(c1ccc(-c3cccc4c3oc3ccccc34)cc1)c1ccccc1-2. The lowest BCUT2D eigenvalue weighted by atomic mass is 9.67. The van der Waals surface area contributed by atoms with Crippen LogP contribution >= 0.6 is 11.6 Å². The Morgan fingerprint density at radius 2 is 0.827 bits per heavy atom. The van der Waals surface area contributed by atoms with Crippen LogP contribution in [0.4, 0.5) is 0 Å². The molecule has 52 heavy (non-hydrogen) atoms. The highest BCUT2D eigenvalue weighted by molar-refractivity contribution is 6.30. The van der Waals surface area contributed by atoms with E-state index >= 15 is 0 Å². The zero-order chi connectivity index (χ0) is 34.4. The van der Waals surface area contributed by atoms with Crippen molar-refractivity contribution in [2.45, 2.75) is 5.41 Å². The van der Waals surface area contributed by atoms with Crippen molar-refractivity contribution in [2.24, 2.45) is 0 Å². The summed E-state index contributed by atoms with van der Waals surface area (Å²) in [6, 6.07) is 62.5. The Balaban J connectivity index is 1.11. The number of hydrogen-bond acceptors (Lipinski definition) is 2. The van der Waals surface area contributed by atoms with Gasteiger partial charge in [-0.1, -0.05) is 163 Å². The monoisotopic (exact) mass is 684 g/mol. The molecule has 0 radical (unpaired) electrons. The number of rotatable bonds is 4. The van der Waals surface area contributed by atoms with E-state index in [0.29, 0.717) is 0 Å². The van der Waals surface area contributed by atoms with Crippen LogP contribution in [0.15, 0.2) is 185 Å². The molecule has 244 valence electrons. The molecular formula is C49H29ClO2. The molecule has 2 nitrogen and oxygen atoms in total. The predicted octanol–water partition coefficient (Wildman–Crippen LogP) is 13.8. The van der Waals surface area contributed by atoms with Crippen LogP contribution in [-0.4, -0.2) is 0 Å². The number of halogens is 1. The minimum absolute atomic E-state index is 0.593. The molecule has 3 heteroatoms. The fourth-order valence-corrected chi connectivity index (χ4v) is 8.96. The van der Waals surface area contributed by atoms with E-state index in [4.69, 9.17) is 20.4 Å².